The highest BCUT2D eigenvalue weighted by Gasteiger charge is 2.33. The van der Waals surface area contributed by atoms with Crippen molar-refractivity contribution in [1.82, 2.24) is 10.2 Å². The van der Waals surface area contributed by atoms with Crippen LogP contribution in [-0.4, -0.2) is 49.5 Å². The molecule has 2 aromatic carbocycles. The third kappa shape index (κ3) is 8.12. The van der Waals surface area contributed by atoms with E-state index in [0.29, 0.717) is 27.7 Å². The zero-order chi connectivity index (χ0) is 26.6. The molecule has 1 N–H and O–H groups in total. The molecule has 0 radical (unpaired) electrons. The zero-order valence-electron chi connectivity index (χ0n) is 20.9. The average Bonchev–Trinajstić information content (AvgIpc) is 2.73. The van der Waals surface area contributed by atoms with Gasteiger partial charge in [-0.1, -0.05) is 48.3 Å². The number of hydrogen-bond donors (Lipinski definition) is 1. The Balaban J connectivity index is 2.49. The summed E-state index contributed by atoms with van der Waals surface area (Å²) in [5.41, 5.74) is 1.10. The minimum absolute atomic E-state index is 0.109. The number of carbonyl (C=O) groups excluding carboxylic acids is 2. The van der Waals surface area contributed by atoms with Crippen molar-refractivity contribution < 1.29 is 18.0 Å². The number of rotatable bonds is 9. The van der Waals surface area contributed by atoms with Crippen molar-refractivity contribution in [2.75, 3.05) is 17.1 Å². The molecule has 0 unspecified atom stereocenters. The molecule has 35 heavy (non-hydrogen) atoms. The van der Waals surface area contributed by atoms with Crippen molar-refractivity contribution in [1.29, 1.82) is 0 Å². The number of nitrogens with one attached hydrogen (secondary N) is 1. The van der Waals surface area contributed by atoms with Gasteiger partial charge in [-0.05, 0) is 69.5 Å². The first-order valence-electron chi connectivity index (χ1n) is 11.2. The molecule has 0 bridgehead atoms. The van der Waals surface area contributed by atoms with Crippen LogP contribution in [0.5, 0.6) is 0 Å². The van der Waals surface area contributed by atoms with E-state index in [-0.39, 0.29) is 12.5 Å². The first-order chi connectivity index (χ1) is 16.1. The molecule has 192 valence electrons. The van der Waals surface area contributed by atoms with Crippen molar-refractivity contribution in [2.45, 2.75) is 59.2 Å². The predicted octanol–water partition coefficient (Wildman–Crippen LogP) is 4.79. The van der Waals surface area contributed by atoms with Gasteiger partial charge in [0, 0.05) is 22.1 Å². The number of sulfonamides is 1. The first-order valence-corrected chi connectivity index (χ1v) is 13.8. The molecule has 0 aliphatic carbocycles. The minimum atomic E-state index is -3.84. The Morgan fingerprint density at radius 2 is 1.66 bits per heavy atom. The molecule has 0 aliphatic heterocycles. The van der Waals surface area contributed by atoms with Crippen molar-refractivity contribution in [3.8, 4) is 0 Å². The van der Waals surface area contributed by atoms with E-state index in [1.165, 1.54) is 4.90 Å². The van der Waals surface area contributed by atoms with Crippen LogP contribution in [0.15, 0.2) is 42.5 Å². The molecule has 2 amide bonds. The van der Waals surface area contributed by atoms with E-state index >= 15 is 0 Å². The van der Waals surface area contributed by atoms with Crippen LogP contribution in [0, 0.1) is 6.92 Å². The van der Waals surface area contributed by atoms with Gasteiger partial charge in [-0.15, -0.1) is 0 Å². The summed E-state index contributed by atoms with van der Waals surface area (Å²) in [6.07, 6.45) is 1.38. The molecule has 2 aromatic rings. The van der Waals surface area contributed by atoms with E-state index < -0.39 is 34.1 Å². The molecule has 0 spiro atoms. The van der Waals surface area contributed by atoms with Gasteiger partial charge in [-0.3, -0.25) is 13.9 Å². The monoisotopic (exact) mass is 541 g/mol. The van der Waals surface area contributed by atoms with Crippen LogP contribution < -0.4 is 9.62 Å². The van der Waals surface area contributed by atoms with Crippen LogP contribution >= 0.6 is 23.2 Å². The molecule has 10 heteroatoms. The van der Waals surface area contributed by atoms with E-state index in [1.807, 2.05) is 27.7 Å². The Morgan fingerprint density at radius 1 is 1.06 bits per heavy atom. The van der Waals surface area contributed by atoms with Gasteiger partial charge in [0.05, 0.1) is 11.9 Å². The molecule has 0 aromatic heterocycles. The number of hydrogen-bond acceptors (Lipinski definition) is 4. The van der Waals surface area contributed by atoms with Crippen molar-refractivity contribution in [3.05, 3.63) is 63.6 Å². The number of benzene rings is 2. The maximum atomic E-state index is 13.7. The molecule has 0 fully saturated rings. The fourth-order valence-corrected chi connectivity index (χ4v) is 4.82. The number of nitrogens with zero attached hydrogens (tertiary/aromatic N) is 2. The van der Waals surface area contributed by atoms with Gasteiger partial charge in [0.1, 0.15) is 12.6 Å². The summed E-state index contributed by atoms with van der Waals surface area (Å²) in [5, 5.41) is 3.86. The fourth-order valence-electron chi connectivity index (χ4n) is 3.62. The Hall–Kier alpha value is -2.29. The summed E-state index contributed by atoms with van der Waals surface area (Å²) in [7, 11) is -3.84. The highest BCUT2D eigenvalue weighted by molar-refractivity contribution is 7.92. The van der Waals surface area contributed by atoms with E-state index in [0.717, 1.165) is 16.1 Å². The summed E-state index contributed by atoms with van der Waals surface area (Å²) < 4.78 is 26.5. The van der Waals surface area contributed by atoms with Gasteiger partial charge in [0.25, 0.3) is 0 Å². The van der Waals surface area contributed by atoms with Crippen LogP contribution in [0.2, 0.25) is 10.0 Å². The van der Waals surface area contributed by atoms with E-state index in [1.54, 1.807) is 49.4 Å². The topological polar surface area (TPSA) is 86.8 Å². The Kier molecular flexibility index (Phi) is 9.62. The van der Waals surface area contributed by atoms with E-state index in [9.17, 15) is 18.0 Å². The lowest BCUT2D eigenvalue weighted by Gasteiger charge is -2.34. The van der Waals surface area contributed by atoms with Crippen LogP contribution in [0.3, 0.4) is 0 Å². The third-order valence-electron chi connectivity index (χ3n) is 5.34. The van der Waals surface area contributed by atoms with Crippen molar-refractivity contribution in [2.24, 2.45) is 0 Å². The summed E-state index contributed by atoms with van der Waals surface area (Å²) >= 11 is 12.2. The summed E-state index contributed by atoms with van der Waals surface area (Å²) in [5.74, 6) is -0.826. The minimum Gasteiger partial charge on any atom is -0.350 e. The Labute approximate surface area is 218 Å². The normalized spacial score (nSPS) is 12.7. The van der Waals surface area contributed by atoms with Crippen LogP contribution in [0.1, 0.15) is 45.2 Å². The molecular weight excluding hydrogens is 509 g/mol. The number of halogens is 2. The summed E-state index contributed by atoms with van der Waals surface area (Å²) in [4.78, 5) is 28.3. The molecule has 0 aliphatic rings. The van der Waals surface area contributed by atoms with E-state index in [2.05, 4.69) is 5.32 Å². The zero-order valence-corrected chi connectivity index (χ0v) is 23.3. The summed E-state index contributed by atoms with van der Waals surface area (Å²) in [6.45, 7) is 8.70. The third-order valence-corrected chi connectivity index (χ3v) is 7.13. The second kappa shape index (κ2) is 11.6. The SMILES string of the molecule is CC[C@@H](C(=O)NC(C)(C)C)N(Cc1ccc(Cl)cc1)C(=O)CN(c1cccc(Cl)c1C)S(C)(=O)=O. The fraction of sp³-hybridized carbons (Fsp3) is 0.440. The molecule has 0 heterocycles. The number of amides is 2. The Bertz CT molecular complexity index is 1160. The van der Waals surface area contributed by atoms with Crippen LogP contribution in [-0.2, 0) is 26.2 Å². The number of carbonyl (C=O) groups is 2. The molecule has 0 saturated heterocycles. The van der Waals surface area contributed by atoms with E-state index in [4.69, 9.17) is 23.2 Å². The van der Waals surface area contributed by atoms with Crippen molar-refractivity contribution >= 4 is 50.7 Å². The molecular formula is C25H33Cl2N3O4S. The van der Waals surface area contributed by atoms with Gasteiger partial charge in [0.2, 0.25) is 21.8 Å². The average molecular weight is 543 g/mol. The largest absolute Gasteiger partial charge is 0.350 e. The molecule has 7 nitrogen and oxygen atoms in total. The predicted molar refractivity (Wildman–Crippen MR) is 142 cm³/mol. The highest BCUT2D eigenvalue weighted by atomic mass is 35.5. The highest BCUT2D eigenvalue weighted by Crippen LogP contribution is 2.28. The standard InChI is InChI=1S/C25H33Cl2N3O4S/c1-7-21(24(32)28-25(3,4)5)29(15-18-11-13-19(26)14-12-18)23(31)16-30(35(6,33)34)22-10-8-9-20(27)17(22)2/h8-14,21H,7,15-16H2,1-6H3,(H,28,32)/t21-/m0/s1. The van der Waals surface area contributed by atoms with Gasteiger partial charge >= 0.3 is 0 Å². The van der Waals surface area contributed by atoms with Crippen LogP contribution in [0.25, 0.3) is 0 Å². The molecule has 2 rings (SSSR count). The quantitative estimate of drug-likeness (QED) is 0.494. The van der Waals surface area contributed by atoms with Gasteiger partial charge < -0.3 is 10.2 Å². The van der Waals surface area contributed by atoms with Gasteiger partial charge in [-0.25, -0.2) is 8.42 Å². The van der Waals surface area contributed by atoms with Gasteiger partial charge in [-0.2, -0.15) is 0 Å². The van der Waals surface area contributed by atoms with Crippen molar-refractivity contribution in [3.63, 3.8) is 0 Å². The summed E-state index contributed by atoms with van der Waals surface area (Å²) in [6, 6.07) is 11.0. The maximum absolute atomic E-state index is 13.7. The molecule has 0 saturated carbocycles. The second-order valence-corrected chi connectivity index (χ2v) is 12.2. The first kappa shape index (κ1) is 28.9. The smallest absolute Gasteiger partial charge is 0.244 e. The maximum Gasteiger partial charge on any atom is 0.244 e. The number of anilines is 1. The lowest BCUT2D eigenvalue weighted by atomic mass is 10.1. The molecule has 1 atom stereocenters. The van der Waals surface area contributed by atoms with Crippen LogP contribution in [0.4, 0.5) is 5.69 Å². The Morgan fingerprint density at radius 3 is 2.17 bits per heavy atom. The lowest BCUT2D eigenvalue weighted by molar-refractivity contribution is -0.141. The lowest BCUT2D eigenvalue weighted by Crippen LogP contribution is -2.55. The second-order valence-electron chi connectivity index (χ2n) is 9.46. The van der Waals surface area contributed by atoms with Gasteiger partial charge in [0.15, 0.2) is 0 Å².